The van der Waals surface area contributed by atoms with E-state index in [0.717, 1.165) is 33.3 Å². The molecular formula is C30H29N3O3. The molecule has 6 rings (SSSR count). The molecule has 0 saturated carbocycles. The van der Waals surface area contributed by atoms with Crippen LogP contribution in [0.25, 0.3) is 10.9 Å². The fraction of sp³-hybridized carbons (Fsp3) is 0.267. The lowest BCUT2D eigenvalue weighted by Crippen LogP contribution is -2.67. The number of aromatic amines is 1. The Kier molecular flexibility index (Phi) is 5.14. The minimum absolute atomic E-state index is 0.0256. The van der Waals surface area contributed by atoms with Crippen LogP contribution < -0.4 is 4.74 Å². The second-order valence-electron chi connectivity index (χ2n) is 9.97. The first-order valence-corrected chi connectivity index (χ1v) is 12.3. The van der Waals surface area contributed by atoms with Crippen LogP contribution in [-0.4, -0.2) is 46.8 Å². The van der Waals surface area contributed by atoms with Gasteiger partial charge in [-0.3, -0.25) is 9.59 Å². The van der Waals surface area contributed by atoms with Gasteiger partial charge in [0.05, 0.1) is 12.8 Å². The van der Waals surface area contributed by atoms with Crippen molar-refractivity contribution in [1.82, 2.24) is 14.8 Å². The molecule has 0 spiro atoms. The van der Waals surface area contributed by atoms with Crippen molar-refractivity contribution < 1.29 is 14.3 Å². The van der Waals surface area contributed by atoms with Gasteiger partial charge in [0.25, 0.3) is 5.91 Å². The van der Waals surface area contributed by atoms with E-state index >= 15 is 0 Å². The van der Waals surface area contributed by atoms with Crippen molar-refractivity contribution in [3.8, 4) is 5.75 Å². The summed E-state index contributed by atoms with van der Waals surface area (Å²) >= 11 is 0. The van der Waals surface area contributed by atoms with Crippen molar-refractivity contribution in [3.63, 3.8) is 0 Å². The number of benzene rings is 3. The molecule has 1 fully saturated rings. The van der Waals surface area contributed by atoms with Crippen molar-refractivity contribution in [2.45, 2.75) is 31.8 Å². The van der Waals surface area contributed by atoms with Crippen molar-refractivity contribution in [3.05, 3.63) is 101 Å². The molecule has 6 nitrogen and oxygen atoms in total. The Labute approximate surface area is 210 Å². The Morgan fingerprint density at radius 1 is 1.00 bits per heavy atom. The average molecular weight is 480 g/mol. The number of ether oxygens (including phenoxy) is 1. The molecule has 4 aromatic rings. The Bertz CT molecular complexity index is 1490. The number of H-pyrrole nitrogens is 1. The second-order valence-corrected chi connectivity index (χ2v) is 9.97. The number of piperazine rings is 1. The number of aromatic nitrogens is 1. The van der Waals surface area contributed by atoms with E-state index in [2.05, 4.69) is 42.2 Å². The van der Waals surface area contributed by atoms with Crippen molar-refractivity contribution in [2.75, 3.05) is 20.2 Å². The number of carbonyl (C=O) groups excluding carboxylic acids is 2. The normalized spacial score (nSPS) is 21.5. The number of nitrogens with one attached hydrogen (secondary N) is 1. The van der Waals surface area contributed by atoms with Gasteiger partial charge in [-0.1, -0.05) is 66.2 Å². The third-order valence-electron chi connectivity index (χ3n) is 7.85. The van der Waals surface area contributed by atoms with Crippen molar-refractivity contribution in [2.24, 2.45) is 0 Å². The van der Waals surface area contributed by atoms with Gasteiger partial charge in [-0.25, -0.2) is 0 Å². The summed E-state index contributed by atoms with van der Waals surface area (Å²) in [6.45, 7) is 4.78. The third-order valence-corrected chi connectivity index (χ3v) is 7.85. The first-order chi connectivity index (χ1) is 17.4. The van der Waals surface area contributed by atoms with Crippen molar-refractivity contribution in [1.29, 1.82) is 0 Å². The summed E-state index contributed by atoms with van der Waals surface area (Å²) in [6, 6.07) is 24.3. The predicted molar refractivity (Wildman–Crippen MR) is 139 cm³/mol. The van der Waals surface area contributed by atoms with Crippen LogP contribution in [-0.2, 0) is 21.7 Å². The smallest absolute Gasteiger partial charge is 0.255 e. The zero-order valence-electron chi connectivity index (χ0n) is 20.7. The Morgan fingerprint density at radius 2 is 1.72 bits per heavy atom. The Balaban J connectivity index is 1.49. The molecule has 0 bridgehead atoms. The standard InChI is InChI=1S/C30H29N3O3/c1-19-12-14-20(15-13-19)23-17-33-26(34)18-32(16-21-8-4-7-11-25(21)36-3)29(35)30(33,2)28-27(23)22-9-5-6-10-24(22)31-28/h4-15,23,31H,16-18H2,1-3H3. The molecule has 2 aliphatic heterocycles. The van der Waals surface area contributed by atoms with E-state index in [1.54, 1.807) is 16.9 Å². The number of methoxy groups -OCH3 is 1. The molecule has 2 atom stereocenters. The van der Waals surface area contributed by atoms with Crippen LogP contribution in [0.1, 0.15) is 40.8 Å². The highest BCUT2D eigenvalue weighted by Crippen LogP contribution is 2.48. The minimum atomic E-state index is -1.12. The van der Waals surface area contributed by atoms with E-state index in [0.29, 0.717) is 18.8 Å². The highest BCUT2D eigenvalue weighted by atomic mass is 16.5. The molecule has 2 aliphatic rings. The maximum absolute atomic E-state index is 14.2. The number of carbonyl (C=O) groups is 2. The van der Waals surface area contributed by atoms with Crippen LogP contribution in [0.5, 0.6) is 5.75 Å². The molecule has 0 radical (unpaired) electrons. The lowest BCUT2D eigenvalue weighted by Gasteiger charge is -2.51. The van der Waals surface area contributed by atoms with E-state index in [-0.39, 0.29) is 24.3 Å². The quantitative estimate of drug-likeness (QED) is 0.461. The zero-order chi connectivity index (χ0) is 25.0. The lowest BCUT2D eigenvalue weighted by atomic mass is 9.76. The fourth-order valence-electron chi connectivity index (χ4n) is 5.94. The van der Waals surface area contributed by atoms with Gasteiger partial charge < -0.3 is 19.5 Å². The minimum Gasteiger partial charge on any atom is -0.496 e. The van der Waals surface area contributed by atoms with Crippen LogP contribution >= 0.6 is 0 Å². The number of fused-ring (bicyclic) bond motifs is 5. The number of amides is 2. The van der Waals surface area contributed by atoms with Crippen LogP contribution in [0.3, 0.4) is 0 Å². The van der Waals surface area contributed by atoms with E-state index in [9.17, 15) is 9.59 Å². The summed E-state index contributed by atoms with van der Waals surface area (Å²) < 4.78 is 5.51. The summed E-state index contributed by atoms with van der Waals surface area (Å²) in [5.74, 6) is 0.554. The number of aryl methyl sites for hydroxylation is 1. The molecule has 2 amide bonds. The number of hydrogen-bond acceptors (Lipinski definition) is 3. The SMILES string of the molecule is COc1ccccc1CN1CC(=O)N2CC(c3ccc(C)cc3)c3c([nH]c4ccccc34)C2(C)C1=O. The largest absolute Gasteiger partial charge is 0.496 e. The molecule has 0 aliphatic carbocycles. The second kappa shape index (κ2) is 8.26. The van der Waals surface area contributed by atoms with Gasteiger partial charge in [0.15, 0.2) is 5.54 Å². The molecule has 182 valence electrons. The van der Waals surface area contributed by atoms with Gasteiger partial charge >= 0.3 is 0 Å². The van der Waals surface area contributed by atoms with Gasteiger partial charge in [0.2, 0.25) is 5.91 Å². The van der Waals surface area contributed by atoms with E-state index in [4.69, 9.17) is 4.74 Å². The maximum atomic E-state index is 14.2. The highest BCUT2D eigenvalue weighted by Gasteiger charge is 2.56. The summed E-state index contributed by atoms with van der Waals surface area (Å²) in [6.07, 6.45) is 0. The number of rotatable bonds is 4. The first kappa shape index (κ1) is 22.4. The molecule has 3 aromatic carbocycles. The van der Waals surface area contributed by atoms with Crippen LogP contribution in [0.15, 0.2) is 72.8 Å². The molecule has 2 unspecified atom stereocenters. The summed E-state index contributed by atoms with van der Waals surface area (Å²) in [5, 5.41) is 1.10. The van der Waals surface area contributed by atoms with E-state index < -0.39 is 5.54 Å². The number of nitrogens with zero attached hydrogens (tertiary/aromatic N) is 2. The molecular weight excluding hydrogens is 450 g/mol. The molecule has 1 N–H and O–H groups in total. The number of hydrogen-bond donors (Lipinski definition) is 1. The summed E-state index contributed by atoms with van der Waals surface area (Å²) in [4.78, 5) is 34.9. The predicted octanol–water partition coefficient (Wildman–Crippen LogP) is 4.72. The Hall–Kier alpha value is -4.06. The number of para-hydroxylation sites is 2. The molecule has 1 saturated heterocycles. The molecule has 6 heteroatoms. The van der Waals surface area contributed by atoms with Crippen LogP contribution in [0.4, 0.5) is 0 Å². The fourth-order valence-corrected chi connectivity index (χ4v) is 5.94. The van der Waals surface area contributed by atoms with Gasteiger partial charge in [-0.15, -0.1) is 0 Å². The van der Waals surface area contributed by atoms with Crippen LogP contribution in [0, 0.1) is 6.92 Å². The first-order valence-electron chi connectivity index (χ1n) is 12.3. The van der Waals surface area contributed by atoms with E-state index in [1.807, 2.05) is 49.4 Å². The monoisotopic (exact) mass is 479 g/mol. The zero-order valence-corrected chi connectivity index (χ0v) is 20.7. The Morgan fingerprint density at radius 3 is 2.50 bits per heavy atom. The van der Waals surface area contributed by atoms with E-state index in [1.165, 1.54) is 5.56 Å². The summed E-state index contributed by atoms with van der Waals surface area (Å²) in [5.41, 5.74) is 4.98. The topological polar surface area (TPSA) is 65.6 Å². The third kappa shape index (κ3) is 3.24. The van der Waals surface area contributed by atoms with Crippen molar-refractivity contribution >= 4 is 22.7 Å². The molecule has 3 heterocycles. The highest BCUT2D eigenvalue weighted by molar-refractivity contribution is 6.01. The molecule has 1 aromatic heterocycles. The van der Waals surface area contributed by atoms with Gasteiger partial charge in [0, 0.05) is 35.5 Å². The van der Waals surface area contributed by atoms with Gasteiger partial charge in [-0.05, 0) is 37.1 Å². The lowest BCUT2D eigenvalue weighted by molar-refractivity contribution is -0.166. The van der Waals surface area contributed by atoms with Crippen LogP contribution in [0.2, 0.25) is 0 Å². The van der Waals surface area contributed by atoms with Gasteiger partial charge in [-0.2, -0.15) is 0 Å². The molecule has 36 heavy (non-hydrogen) atoms. The maximum Gasteiger partial charge on any atom is 0.255 e. The summed E-state index contributed by atoms with van der Waals surface area (Å²) in [7, 11) is 1.62. The average Bonchev–Trinajstić information content (AvgIpc) is 3.29. The van der Waals surface area contributed by atoms with Gasteiger partial charge in [0.1, 0.15) is 12.3 Å².